The molecule has 7 nitrogen and oxygen atoms in total. The van der Waals surface area contributed by atoms with Gasteiger partial charge in [-0.15, -0.1) is 5.16 Å². The molecule has 0 spiro atoms. The zero-order valence-electron chi connectivity index (χ0n) is 12.1. The van der Waals surface area contributed by atoms with Crippen molar-refractivity contribution in [3.63, 3.8) is 0 Å². The van der Waals surface area contributed by atoms with E-state index in [1.54, 1.807) is 23.4 Å². The third kappa shape index (κ3) is 1.97. The fraction of sp³-hybridized carbons (Fsp3) is 0.267. The lowest BCUT2D eigenvalue weighted by molar-refractivity contribution is 0.0458. The highest BCUT2D eigenvalue weighted by Crippen LogP contribution is 2.42. The summed E-state index contributed by atoms with van der Waals surface area (Å²) in [6.45, 7) is 0.684. The maximum Gasteiger partial charge on any atom is 0.256 e. The maximum absolute atomic E-state index is 12.8. The highest BCUT2D eigenvalue weighted by atomic mass is 35.5. The highest BCUT2D eigenvalue weighted by Gasteiger charge is 2.42. The lowest BCUT2D eigenvalue weighted by atomic mass is 9.96. The summed E-state index contributed by atoms with van der Waals surface area (Å²) < 4.78 is 1.88. The molecule has 4 rings (SSSR count). The number of hydrogen-bond donors (Lipinski definition) is 2. The minimum absolute atomic E-state index is 0.0437. The number of benzene rings is 1. The Kier molecular flexibility index (Phi) is 3.14. The fourth-order valence-corrected chi connectivity index (χ4v) is 3.43. The quantitative estimate of drug-likeness (QED) is 0.499. The van der Waals surface area contributed by atoms with Gasteiger partial charge in [-0.25, -0.2) is 4.98 Å². The molecule has 1 amide bonds. The van der Waals surface area contributed by atoms with Crippen molar-refractivity contribution in [2.75, 3.05) is 6.54 Å². The molecule has 2 aromatic rings. The Hall–Kier alpha value is -2.38. The number of amides is 1. The number of hydrogen-bond acceptors (Lipinski definition) is 5. The van der Waals surface area contributed by atoms with Crippen LogP contribution in [-0.4, -0.2) is 38.3 Å². The zero-order chi connectivity index (χ0) is 16.1. The molecule has 3 N–H and O–H groups in total. The van der Waals surface area contributed by atoms with Crippen molar-refractivity contribution < 1.29 is 10.0 Å². The predicted octanol–water partition coefficient (Wildman–Crippen LogP) is 1.89. The molecule has 118 valence electrons. The van der Waals surface area contributed by atoms with Crippen LogP contribution in [0, 0.1) is 0 Å². The van der Waals surface area contributed by atoms with E-state index in [0.29, 0.717) is 22.8 Å². The third-order valence-corrected chi connectivity index (χ3v) is 4.66. The molecule has 0 bridgehead atoms. The second kappa shape index (κ2) is 5.07. The van der Waals surface area contributed by atoms with Crippen LogP contribution in [0.5, 0.6) is 0 Å². The summed E-state index contributed by atoms with van der Waals surface area (Å²) >= 11 is 6.06. The first-order chi connectivity index (χ1) is 11.1. The molecule has 1 fully saturated rings. The molecule has 1 aromatic heterocycles. The average Bonchev–Trinajstić information content (AvgIpc) is 2.88. The van der Waals surface area contributed by atoms with Gasteiger partial charge in [0.25, 0.3) is 5.91 Å². The molecule has 1 saturated heterocycles. The van der Waals surface area contributed by atoms with Crippen molar-refractivity contribution in [1.29, 1.82) is 0 Å². The Labute approximate surface area is 137 Å². The topological polar surface area (TPSA) is 96.7 Å². The number of halogens is 1. The Morgan fingerprint density at radius 2 is 2.35 bits per heavy atom. The molecule has 0 radical (unpaired) electrons. The van der Waals surface area contributed by atoms with Gasteiger partial charge < -0.3 is 15.8 Å². The van der Waals surface area contributed by atoms with Crippen molar-refractivity contribution in [3.8, 4) is 5.69 Å². The molecule has 2 aliphatic rings. The van der Waals surface area contributed by atoms with E-state index in [-0.39, 0.29) is 11.9 Å². The summed E-state index contributed by atoms with van der Waals surface area (Å²) in [5.74, 6) is -0.0437. The molecule has 8 heteroatoms. The Morgan fingerprint density at radius 3 is 3.04 bits per heavy atom. The van der Waals surface area contributed by atoms with Gasteiger partial charge in [-0.1, -0.05) is 11.6 Å². The van der Waals surface area contributed by atoms with Gasteiger partial charge in [0, 0.05) is 11.6 Å². The van der Waals surface area contributed by atoms with Crippen LogP contribution in [0.2, 0.25) is 5.02 Å². The minimum atomic E-state index is -0.636. The summed E-state index contributed by atoms with van der Waals surface area (Å²) in [5.41, 5.74) is 8.77. The molecule has 2 aliphatic heterocycles. The van der Waals surface area contributed by atoms with Crippen LogP contribution in [0.4, 0.5) is 0 Å². The van der Waals surface area contributed by atoms with Gasteiger partial charge in [0.05, 0.1) is 47.3 Å². The van der Waals surface area contributed by atoms with E-state index < -0.39 is 6.04 Å². The van der Waals surface area contributed by atoms with Crippen LogP contribution >= 0.6 is 11.6 Å². The molecule has 23 heavy (non-hydrogen) atoms. The Balaban J connectivity index is 1.96. The lowest BCUT2D eigenvalue weighted by Gasteiger charge is -2.40. The first-order valence-electron chi connectivity index (χ1n) is 7.23. The number of rotatable bonds is 2. The van der Waals surface area contributed by atoms with Gasteiger partial charge in [0.15, 0.2) is 0 Å². The van der Waals surface area contributed by atoms with Gasteiger partial charge in [0.1, 0.15) is 0 Å². The smallest absolute Gasteiger partial charge is 0.256 e. The first kappa shape index (κ1) is 14.2. The number of aromatic nitrogens is 2. The van der Waals surface area contributed by atoms with Crippen LogP contribution in [0.3, 0.4) is 0 Å². The standard InChI is InChI=1S/C15H14ClN5O2/c16-8-1-2-11-9(5-8)15(22)20-4-3-12(20)14-13(10(17)6-19-23)18-7-21(11)14/h1-2,5-7,10,12,23H,3-4,17H2/b19-6-. The minimum Gasteiger partial charge on any atom is -0.411 e. The van der Waals surface area contributed by atoms with E-state index in [0.717, 1.165) is 17.8 Å². The SMILES string of the molecule is NC(/C=N\O)c1ncn2c1C1CCN1C(=O)c1cc(Cl)ccc1-2. The highest BCUT2D eigenvalue weighted by molar-refractivity contribution is 6.31. The van der Waals surface area contributed by atoms with Gasteiger partial charge in [0.2, 0.25) is 0 Å². The van der Waals surface area contributed by atoms with Crippen LogP contribution < -0.4 is 5.73 Å². The Bertz CT molecular complexity index is 831. The van der Waals surface area contributed by atoms with Gasteiger partial charge in [-0.2, -0.15) is 0 Å². The monoisotopic (exact) mass is 331 g/mol. The van der Waals surface area contributed by atoms with E-state index in [4.69, 9.17) is 22.5 Å². The number of nitrogens with zero attached hydrogens (tertiary/aromatic N) is 4. The van der Waals surface area contributed by atoms with Gasteiger partial charge >= 0.3 is 0 Å². The van der Waals surface area contributed by atoms with Gasteiger partial charge in [-0.3, -0.25) is 9.36 Å². The zero-order valence-corrected chi connectivity index (χ0v) is 12.8. The van der Waals surface area contributed by atoms with Crippen LogP contribution in [0.25, 0.3) is 5.69 Å². The predicted molar refractivity (Wildman–Crippen MR) is 84.2 cm³/mol. The second-order valence-electron chi connectivity index (χ2n) is 5.64. The number of carbonyl (C=O) groups excluding carboxylic acids is 1. The average molecular weight is 332 g/mol. The lowest BCUT2D eigenvalue weighted by Crippen LogP contribution is -2.45. The summed E-state index contributed by atoms with van der Waals surface area (Å²) in [5, 5.41) is 12.2. The molecule has 2 unspecified atom stereocenters. The van der Waals surface area contributed by atoms with Crippen molar-refractivity contribution >= 4 is 23.7 Å². The van der Waals surface area contributed by atoms with Crippen molar-refractivity contribution in [2.24, 2.45) is 10.9 Å². The number of imidazole rings is 1. The molecule has 0 aliphatic carbocycles. The van der Waals surface area contributed by atoms with Crippen molar-refractivity contribution in [1.82, 2.24) is 14.5 Å². The van der Waals surface area contributed by atoms with E-state index in [1.165, 1.54) is 6.21 Å². The van der Waals surface area contributed by atoms with Crippen molar-refractivity contribution in [3.05, 3.63) is 46.5 Å². The van der Waals surface area contributed by atoms with Gasteiger partial charge in [-0.05, 0) is 24.6 Å². The second-order valence-corrected chi connectivity index (χ2v) is 6.08. The number of fused-ring (bicyclic) bond motifs is 5. The van der Waals surface area contributed by atoms with Crippen LogP contribution in [0.15, 0.2) is 29.7 Å². The number of nitrogens with two attached hydrogens (primary N) is 1. The van der Waals surface area contributed by atoms with E-state index in [2.05, 4.69) is 10.1 Å². The summed E-state index contributed by atoms with van der Waals surface area (Å²) in [4.78, 5) is 18.9. The molecule has 1 aromatic carbocycles. The molecule has 2 atom stereocenters. The van der Waals surface area contributed by atoms with E-state index >= 15 is 0 Å². The van der Waals surface area contributed by atoms with E-state index in [9.17, 15) is 4.79 Å². The van der Waals surface area contributed by atoms with Crippen LogP contribution in [-0.2, 0) is 0 Å². The fourth-order valence-electron chi connectivity index (χ4n) is 3.25. The van der Waals surface area contributed by atoms with Crippen molar-refractivity contribution in [2.45, 2.75) is 18.5 Å². The number of oxime groups is 1. The molecular weight excluding hydrogens is 318 g/mol. The molecule has 0 saturated carbocycles. The molecule has 3 heterocycles. The largest absolute Gasteiger partial charge is 0.411 e. The summed E-state index contributed by atoms with van der Waals surface area (Å²) in [7, 11) is 0. The summed E-state index contributed by atoms with van der Waals surface area (Å²) in [6, 6.07) is 4.52. The van der Waals surface area contributed by atoms with Crippen LogP contribution in [0.1, 0.15) is 40.3 Å². The molecular formula is C15H14ClN5O2. The Morgan fingerprint density at radius 1 is 1.52 bits per heavy atom. The normalized spacial score (nSPS) is 20.5. The van der Waals surface area contributed by atoms with E-state index in [1.807, 2.05) is 10.6 Å². The first-order valence-corrected chi connectivity index (χ1v) is 7.60. The number of carbonyl (C=O) groups is 1. The third-order valence-electron chi connectivity index (χ3n) is 4.42. The summed E-state index contributed by atoms with van der Waals surface area (Å²) in [6.07, 6.45) is 3.72. The maximum atomic E-state index is 12.8.